The Kier molecular flexibility index (Phi) is 5.07. The molecule has 0 bridgehead atoms. The number of hydrogen-bond acceptors (Lipinski definition) is 1. The maximum Gasteiger partial charge on any atom is 0.323 e. The number of nitrogens with two attached hydrogens (primary N) is 1. The van der Waals surface area contributed by atoms with Crippen LogP contribution in [0.2, 0.25) is 0 Å². The van der Waals surface area contributed by atoms with E-state index in [2.05, 4.69) is 0 Å². The monoisotopic (exact) mass is 333 g/mol. The molecule has 0 aliphatic carbocycles. The summed E-state index contributed by atoms with van der Waals surface area (Å²) in [5, 5.41) is 0. The number of benzene rings is 2. The number of fused-ring (bicyclic) bond motifs is 2. The number of carbonyl (C=O) groups excluding carboxylic acids is 1. The first kappa shape index (κ1) is 15.9. The Morgan fingerprint density at radius 3 is 1.65 bits per heavy atom. The zero-order valence-corrected chi connectivity index (χ0v) is 12.7. The van der Waals surface area contributed by atoms with Crippen LogP contribution in [0.1, 0.15) is 11.1 Å². The van der Waals surface area contributed by atoms with E-state index < -0.39 is 6.03 Å². The topological polar surface area (TPSA) is 82.8 Å². The van der Waals surface area contributed by atoms with Crippen LogP contribution in [0.5, 0.6) is 0 Å². The van der Waals surface area contributed by atoms with Crippen molar-refractivity contribution in [2.24, 2.45) is 5.73 Å². The molecule has 0 aromatic heterocycles. The Hall–Kier alpha value is -2.11. The number of rotatable bonds is 0. The number of hydrogen-bond donors (Lipinski definition) is 2. The number of para-hydroxylation sites is 2. The second-order valence-electron chi connectivity index (χ2n) is 4.12. The van der Waals surface area contributed by atoms with E-state index >= 15 is 0 Å². The number of nitrogens with zero attached hydrogens (tertiary/aromatic N) is 1. The summed E-state index contributed by atoms with van der Waals surface area (Å²) in [5.74, 6) is 0. The van der Waals surface area contributed by atoms with Gasteiger partial charge in [-0.25, -0.2) is 4.79 Å². The van der Waals surface area contributed by atoms with Crippen LogP contribution in [0, 0.1) is 0 Å². The highest BCUT2D eigenvalue weighted by Crippen LogP contribution is 2.35. The first-order valence-electron chi connectivity index (χ1n) is 5.73. The molecule has 6 N–H and O–H groups in total. The van der Waals surface area contributed by atoms with E-state index in [1.54, 1.807) is 4.90 Å². The van der Waals surface area contributed by atoms with Crippen molar-refractivity contribution in [2.45, 2.75) is 0 Å². The largest absolute Gasteiger partial charge is 1.00 e. The van der Waals surface area contributed by atoms with Gasteiger partial charge in [0, 0.05) is 0 Å². The van der Waals surface area contributed by atoms with Gasteiger partial charge in [-0.15, -0.1) is 0 Å². The lowest BCUT2D eigenvalue weighted by Gasteiger charge is -2.22. The molecule has 1 aliphatic heterocycles. The molecule has 0 radical (unpaired) electrons. The minimum atomic E-state index is -0.474. The molecular formula is C15H16BrN3O. The van der Waals surface area contributed by atoms with Gasteiger partial charge in [0.15, 0.2) is 0 Å². The van der Waals surface area contributed by atoms with E-state index in [1.165, 1.54) is 0 Å². The fourth-order valence-electron chi connectivity index (χ4n) is 2.21. The average Bonchev–Trinajstić information content (AvgIpc) is 2.55. The third kappa shape index (κ3) is 2.59. The first-order valence-corrected chi connectivity index (χ1v) is 5.73. The number of amides is 2. The summed E-state index contributed by atoms with van der Waals surface area (Å²) in [5.41, 5.74) is 9.11. The van der Waals surface area contributed by atoms with Gasteiger partial charge in [-0.2, -0.15) is 0 Å². The second-order valence-corrected chi connectivity index (χ2v) is 4.12. The standard InChI is InChI=1S/C15H12N2O.BrH.H3N/c16-15(18)17-13-7-3-1-5-11(13)9-10-12-6-2-4-8-14(12)17;;/h1-10H,(H2,16,18);1H;1H3. The van der Waals surface area contributed by atoms with E-state index in [1.807, 2.05) is 60.7 Å². The van der Waals surface area contributed by atoms with Gasteiger partial charge in [0.1, 0.15) is 0 Å². The highest BCUT2D eigenvalue weighted by molar-refractivity contribution is 6.04. The molecule has 0 unspecified atom stereocenters. The minimum Gasteiger partial charge on any atom is -1.00 e. The molecule has 0 saturated carbocycles. The van der Waals surface area contributed by atoms with Crippen molar-refractivity contribution in [3.63, 3.8) is 0 Å². The van der Waals surface area contributed by atoms with Crippen LogP contribution >= 0.6 is 0 Å². The Labute approximate surface area is 128 Å². The third-order valence-corrected chi connectivity index (χ3v) is 3.02. The van der Waals surface area contributed by atoms with Gasteiger partial charge in [-0.3, -0.25) is 4.90 Å². The predicted molar refractivity (Wildman–Crippen MR) is 79.5 cm³/mol. The molecule has 0 atom stereocenters. The van der Waals surface area contributed by atoms with Crippen LogP contribution in [0.25, 0.3) is 12.2 Å². The van der Waals surface area contributed by atoms with Gasteiger partial charge in [-0.1, -0.05) is 48.6 Å². The maximum atomic E-state index is 11.8. The molecule has 2 aromatic carbocycles. The third-order valence-electron chi connectivity index (χ3n) is 3.02. The van der Waals surface area contributed by atoms with Crippen LogP contribution < -0.4 is 33.8 Å². The van der Waals surface area contributed by atoms with Gasteiger partial charge in [0.05, 0.1) is 11.4 Å². The molecule has 0 spiro atoms. The summed E-state index contributed by atoms with van der Waals surface area (Å²) < 4.78 is 0. The van der Waals surface area contributed by atoms with Crippen molar-refractivity contribution in [3.8, 4) is 0 Å². The van der Waals surface area contributed by atoms with Gasteiger partial charge < -0.3 is 28.9 Å². The quantitative estimate of drug-likeness (QED) is 0.733. The van der Waals surface area contributed by atoms with Crippen LogP contribution in [0.4, 0.5) is 16.2 Å². The van der Waals surface area contributed by atoms with Crippen LogP contribution in [-0.2, 0) is 0 Å². The highest BCUT2D eigenvalue weighted by atomic mass is 79.9. The molecule has 3 rings (SSSR count). The van der Waals surface area contributed by atoms with Gasteiger partial charge >= 0.3 is 6.03 Å². The van der Waals surface area contributed by atoms with Crippen molar-refractivity contribution >= 4 is 29.6 Å². The molecule has 2 amide bonds. The second kappa shape index (κ2) is 6.36. The molecule has 0 fully saturated rings. The van der Waals surface area contributed by atoms with Crippen molar-refractivity contribution in [2.75, 3.05) is 4.90 Å². The van der Waals surface area contributed by atoms with Crippen molar-refractivity contribution in [1.29, 1.82) is 0 Å². The average molecular weight is 334 g/mol. The fourth-order valence-corrected chi connectivity index (χ4v) is 2.21. The van der Waals surface area contributed by atoms with Crippen LogP contribution in [0.3, 0.4) is 0 Å². The van der Waals surface area contributed by atoms with E-state index in [0.29, 0.717) is 0 Å². The molecule has 104 valence electrons. The van der Waals surface area contributed by atoms with E-state index in [4.69, 9.17) is 5.73 Å². The maximum absolute atomic E-state index is 11.8. The molecule has 0 saturated heterocycles. The molecular weight excluding hydrogens is 318 g/mol. The van der Waals surface area contributed by atoms with E-state index in [0.717, 1.165) is 22.5 Å². The Bertz CT molecular complexity index is 606. The van der Waals surface area contributed by atoms with Crippen molar-refractivity contribution < 1.29 is 21.8 Å². The smallest absolute Gasteiger partial charge is 0.323 e. The summed E-state index contributed by atoms with van der Waals surface area (Å²) in [6.07, 6.45) is 3.99. The fraction of sp³-hybridized carbons (Fsp3) is 0. The number of primary amides is 1. The molecule has 20 heavy (non-hydrogen) atoms. The van der Waals surface area contributed by atoms with Crippen molar-refractivity contribution in [1.82, 2.24) is 6.15 Å². The summed E-state index contributed by atoms with van der Waals surface area (Å²) in [4.78, 5) is 13.3. The Morgan fingerprint density at radius 1 is 0.850 bits per heavy atom. The van der Waals surface area contributed by atoms with Gasteiger partial charge in [0.25, 0.3) is 0 Å². The summed E-state index contributed by atoms with van der Waals surface area (Å²) in [6, 6.07) is 14.9. The number of urea groups is 1. The lowest BCUT2D eigenvalue weighted by Crippen LogP contribution is -3.00. The van der Waals surface area contributed by atoms with Gasteiger partial charge in [0.2, 0.25) is 0 Å². The number of carbonyl (C=O) groups is 1. The highest BCUT2D eigenvalue weighted by Gasteiger charge is 2.21. The van der Waals surface area contributed by atoms with E-state index in [9.17, 15) is 4.79 Å². The Balaban J connectivity index is 0.000001000. The zero-order chi connectivity index (χ0) is 12.5. The number of anilines is 2. The first-order chi connectivity index (χ1) is 8.77. The SMILES string of the molecule is NC(=O)N1c2ccccc2C=Cc2ccccc21.[Br-].[NH4+]. The normalized spacial score (nSPS) is 11.3. The van der Waals surface area contributed by atoms with Gasteiger partial charge in [-0.05, 0) is 23.3 Å². The molecule has 1 heterocycles. The molecule has 5 heteroatoms. The van der Waals surface area contributed by atoms with Crippen LogP contribution in [-0.4, -0.2) is 6.03 Å². The zero-order valence-electron chi connectivity index (χ0n) is 11.1. The molecule has 1 aliphatic rings. The van der Waals surface area contributed by atoms with Crippen LogP contribution in [0.15, 0.2) is 48.5 Å². The number of halogens is 1. The number of quaternary nitrogens is 1. The summed E-state index contributed by atoms with van der Waals surface area (Å²) in [7, 11) is 0. The summed E-state index contributed by atoms with van der Waals surface area (Å²) in [6.45, 7) is 0. The Morgan fingerprint density at radius 2 is 1.25 bits per heavy atom. The lowest BCUT2D eigenvalue weighted by molar-refractivity contribution is -0.00000709. The predicted octanol–water partition coefficient (Wildman–Crippen LogP) is 0.767. The lowest BCUT2D eigenvalue weighted by atomic mass is 10.1. The minimum absolute atomic E-state index is 0. The summed E-state index contributed by atoms with van der Waals surface area (Å²) >= 11 is 0. The van der Waals surface area contributed by atoms with E-state index in [-0.39, 0.29) is 23.1 Å². The molecule has 4 nitrogen and oxygen atoms in total. The molecule has 2 aromatic rings. The van der Waals surface area contributed by atoms with Crippen molar-refractivity contribution in [3.05, 3.63) is 59.7 Å².